The van der Waals surface area contributed by atoms with E-state index >= 15 is 0 Å². The van der Waals surface area contributed by atoms with Gasteiger partial charge in [-0.25, -0.2) is 32.7 Å². The maximum atomic E-state index is 13.9. The van der Waals surface area contributed by atoms with E-state index in [4.69, 9.17) is 0 Å². The summed E-state index contributed by atoms with van der Waals surface area (Å²) in [6.07, 6.45) is 9.28. The Bertz CT molecular complexity index is 1160. The molecule has 10 heteroatoms. The van der Waals surface area contributed by atoms with Crippen LogP contribution in [0.1, 0.15) is 12.2 Å². The van der Waals surface area contributed by atoms with Gasteiger partial charge >= 0.3 is 0 Å². The van der Waals surface area contributed by atoms with Crippen molar-refractivity contribution >= 4 is 16.0 Å². The van der Waals surface area contributed by atoms with Crippen molar-refractivity contribution in [1.82, 2.24) is 24.2 Å². The van der Waals surface area contributed by atoms with Crippen LogP contribution in [-0.2, 0) is 16.4 Å². The highest BCUT2D eigenvalue weighted by Gasteiger charge is 2.26. The largest absolute Gasteiger partial charge is 0.338 e. The molecule has 3 heterocycles. The van der Waals surface area contributed by atoms with Crippen LogP contribution in [0.5, 0.6) is 0 Å². The van der Waals surface area contributed by atoms with E-state index in [1.807, 2.05) is 4.90 Å². The first-order valence-corrected chi connectivity index (χ1v) is 11.8. The van der Waals surface area contributed by atoms with Crippen LogP contribution in [0.15, 0.2) is 66.6 Å². The first-order chi connectivity index (χ1) is 15.5. The minimum atomic E-state index is -3.49. The Hall–Kier alpha value is -3.24. The fourth-order valence-corrected chi connectivity index (χ4v) is 4.63. The van der Waals surface area contributed by atoms with Crippen molar-refractivity contribution in [1.29, 1.82) is 0 Å². The van der Waals surface area contributed by atoms with Crippen molar-refractivity contribution in [2.45, 2.75) is 12.8 Å². The van der Waals surface area contributed by atoms with Crippen LogP contribution in [0.4, 0.5) is 10.3 Å². The lowest BCUT2D eigenvalue weighted by molar-refractivity contribution is 0.387. The van der Waals surface area contributed by atoms with Crippen LogP contribution in [-0.4, -0.2) is 58.8 Å². The van der Waals surface area contributed by atoms with E-state index in [0.717, 1.165) is 0 Å². The monoisotopic (exact) mass is 454 g/mol. The number of anilines is 1. The molecule has 32 heavy (non-hydrogen) atoms. The number of nitrogens with zero attached hydrogens (tertiary/aromatic N) is 6. The SMILES string of the molecule is O=S(=O)(/C=C/CCc1ncccn1)N1CCN(c2ncc(-c3ccccc3F)cn2)CC1. The number of hydrogen-bond acceptors (Lipinski definition) is 7. The van der Waals surface area contributed by atoms with Crippen LogP contribution in [0.2, 0.25) is 0 Å². The minimum absolute atomic E-state index is 0.327. The van der Waals surface area contributed by atoms with Crippen LogP contribution >= 0.6 is 0 Å². The maximum absolute atomic E-state index is 13.9. The molecule has 1 aliphatic rings. The predicted molar refractivity (Wildman–Crippen MR) is 120 cm³/mol. The number of aryl methyl sites for hydroxylation is 1. The third kappa shape index (κ3) is 5.32. The van der Waals surface area contributed by atoms with Crippen molar-refractivity contribution < 1.29 is 12.8 Å². The van der Waals surface area contributed by atoms with E-state index in [0.29, 0.717) is 61.9 Å². The van der Waals surface area contributed by atoms with E-state index in [1.165, 1.54) is 15.8 Å². The normalized spacial score (nSPS) is 15.3. The molecule has 0 N–H and O–H groups in total. The molecule has 3 aromatic rings. The van der Waals surface area contributed by atoms with Gasteiger partial charge in [-0.15, -0.1) is 0 Å². The average Bonchev–Trinajstić information content (AvgIpc) is 2.83. The Labute approximate surface area is 186 Å². The number of benzene rings is 1. The Kier molecular flexibility index (Phi) is 6.81. The van der Waals surface area contributed by atoms with Gasteiger partial charge in [0.25, 0.3) is 0 Å². The van der Waals surface area contributed by atoms with Crippen LogP contribution in [0, 0.1) is 5.82 Å². The van der Waals surface area contributed by atoms with Crippen molar-refractivity contribution in [3.05, 3.63) is 78.2 Å². The van der Waals surface area contributed by atoms with Gasteiger partial charge in [0.05, 0.1) is 0 Å². The highest BCUT2D eigenvalue weighted by atomic mass is 32.2. The summed E-state index contributed by atoms with van der Waals surface area (Å²) >= 11 is 0. The molecular weight excluding hydrogens is 431 g/mol. The van der Waals surface area contributed by atoms with Gasteiger partial charge in [0.15, 0.2) is 0 Å². The molecule has 0 saturated carbocycles. The Morgan fingerprint density at radius 1 is 0.938 bits per heavy atom. The summed E-state index contributed by atoms with van der Waals surface area (Å²) < 4.78 is 40.6. The second kappa shape index (κ2) is 9.92. The fourth-order valence-electron chi connectivity index (χ4n) is 3.41. The summed E-state index contributed by atoms with van der Waals surface area (Å²) in [7, 11) is -3.49. The fraction of sp³-hybridized carbons (Fsp3) is 0.273. The third-order valence-corrected chi connectivity index (χ3v) is 6.75. The van der Waals surface area contributed by atoms with Gasteiger partial charge in [-0.3, -0.25) is 0 Å². The Balaban J connectivity index is 1.31. The summed E-state index contributed by atoms with van der Waals surface area (Å²) in [5.41, 5.74) is 1.04. The van der Waals surface area contributed by atoms with E-state index in [9.17, 15) is 12.8 Å². The van der Waals surface area contributed by atoms with Gasteiger partial charge in [0.2, 0.25) is 16.0 Å². The maximum Gasteiger partial charge on any atom is 0.236 e. The molecule has 166 valence electrons. The van der Waals surface area contributed by atoms with Crippen molar-refractivity contribution in [2.24, 2.45) is 0 Å². The molecule has 1 aromatic carbocycles. The van der Waals surface area contributed by atoms with Crippen molar-refractivity contribution in [3.8, 4) is 11.1 Å². The second-order valence-electron chi connectivity index (χ2n) is 7.26. The number of aromatic nitrogens is 4. The number of sulfonamides is 1. The molecule has 1 saturated heterocycles. The third-order valence-electron chi connectivity index (χ3n) is 5.13. The molecule has 1 fully saturated rings. The Morgan fingerprint density at radius 2 is 1.62 bits per heavy atom. The summed E-state index contributed by atoms with van der Waals surface area (Å²) in [6.45, 7) is 1.63. The van der Waals surface area contributed by atoms with Gasteiger partial charge in [-0.1, -0.05) is 24.3 Å². The van der Waals surface area contributed by atoms with Crippen molar-refractivity contribution in [2.75, 3.05) is 31.1 Å². The van der Waals surface area contributed by atoms with E-state index < -0.39 is 10.0 Å². The topological polar surface area (TPSA) is 92.2 Å². The molecule has 0 amide bonds. The molecule has 0 radical (unpaired) electrons. The zero-order valence-electron chi connectivity index (χ0n) is 17.4. The second-order valence-corrected chi connectivity index (χ2v) is 9.08. The van der Waals surface area contributed by atoms with Crippen molar-refractivity contribution in [3.63, 3.8) is 0 Å². The molecule has 0 bridgehead atoms. The zero-order valence-corrected chi connectivity index (χ0v) is 18.2. The van der Waals surface area contributed by atoms with Gasteiger partial charge in [-0.05, 0) is 18.6 Å². The van der Waals surface area contributed by atoms with Gasteiger partial charge < -0.3 is 4.90 Å². The molecule has 4 rings (SSSR count). The number of rotatable bonds is 7. The molecule has 0 atom stereocenters. The highest BCUT2D eigenvalue weighted by molar-refractivity contribution is 7.92. The Morgan fingerprint density at radius 3 is 2.31 bits per heavy atom. The highest BCUT2D eigenvalue weighted by Crippen LogP contribution is 2.22. The molecule has 2 aromatic heterocycles. The predicted octanol–water partition coefficient (Wildman–Crippen LogP) is 2.67. The number of halogens is 1. The lowest BCUT2D eigenvalue weighted by Gasteiger charge is -2.33. The standard InChI is InChI=1S/C22H23FN6O2S/c23-20-7-2-1-6-19(20)18-16-26-22(27-17-18)28-11-13-29(14-12-28)32(30,31)15-4-3-8-21-24-9-5-10-25-21/h1-2,4-7,9-10,15-17H,3,8,11-14H2/b15-4+. The van der Waals surface area contributed by atoms with E-state index in [-0.39, 0.29) is 5.82 Å². The summed E-state index contributed by atoms with van der Waals surface area (Å²) in [5, 5.41) is 1.26. The minimum Gasteiger partial charge on any atom is -0.338 e. The first kappa shape index (κ1) is 22.0. The molecule has 0 spiro atoms. The average molecular weight is 455 g/mol. The summed E-state index contributed by atoms with van der Waals surface area (Å²) in [6, 6.07) is 8.21. The zero-order chi connectivity index (χ0) is 22.4. The lowest BCUT2D eigenvalue weighted by atomic mass is 10.1. The summed E-state index contributed by atoms with van der Waals surface area (Å²) in [5.74, 6) is 0.858. The van der Waals surface area contributed by atoms with E-state index in [1.54, 1.807) is 55.1 Å². The molecular formula is C22H23FN6O2S. The molecule has 8 nitrogen and oxygen atoms in total. The first-order valence-electron chi connectivity index (χ1n) is 10.3. The number of hydrogen-bond donors (Lipinski definition) is 0. The molecule has 0 unspecified atom stereocenters. The van der Waals surface area contributed by atoms with Crippen LogP contribution in [0.3, 0.4) is 0 Å². The van der Waals surface area contributed by atoms with E-state index in [2.05, 4.69) is 19.9 Å². The molecule has 1 aliphatic heterocycles. The number of piperazine rings is 1. The quantitative estimate of drug-likeness (QED) is 0.542. The van der Waals surface area contributed by atoms with Gasteiger partial charge in [-0.2, -0.15) is 4.31 Å². The van der Waals surface area contributed by atoms with Crippen LogP contribution < -0.4 is 4.90 Å². The van der Waals surface area contributed by atoms with Crippen LogP contribution in [0.25, 0.3) is 11.1 Å². The van der Waals surface area contributed by atoms with Gasteiger partial charge in [0.1, 0.15) is 11.6 Å². The number of allylic oxidation sites excluding steroid dienone is 1. The lowest BCUT2D eigenvalue weighted by Crippen LogP contribution is -2.48. The smallest absolute Gasteiger partial charge is 0.236 e. The molecule has 0 aliphatic carbocycles. The summed E-state index contributed by atoms with van der Waals surface area (Å²) in [4.78, 5) is 18.9. The van der Waals surface area contributed by atoms with Gasteiger partial charge in [0, 0.05) is 73.9 Å².